The number of aryl methyl sites for hydroxylation is 1. The molecular weight excluding hydrogens is 236 g/mol. The maximum Gasteiger partial charge on any atom is 0.163 e. The topological polar surface area (TPSA) is 68.5 Å². The van der Waals surface area contributed by atoms with Gasteiger partial charge in [-0.15, -0.1) is 11.3 Å². The largest absolute Gasteiger partial charge is 0.364 e. The Balaban J connectivity index is 1.90. The van der Waals surface area contributed by atoms with Crippen LogP contribution in [0, 0.1) is 0 Å². The highest BCUT2D eigenvalue weighted by molar-refractivity contribution is 7.09. The Labute approximate surface area is 101 Å². The Hall–Kier alpha value is -2.02. The number of fused-ring (bicyclic) bond motifs is 1. The fourth-order valence-electron chi connectivity index (χ4n) is 1.60. The van der Waals surface area contributed by atoms with Gasteiger partial charge in [-0.2, -0.15) is 5.10 Å². The molecule has 3 heterocycles. The lowest BCUT2D eigenvalue weighted by Crippen LogP contribution is -2.01. The summed E-state index contributed by atoms with van der Waals surface area (Å²) in [7, 11) is 1.86. The lowest BCUT2D eigenvalue weighted by molar-refractivity contribution is 0.785. The number of hydrogen-bond donors (Lipinski definition) is 1. The van der Waals surface area contributed by atoms with Crippen LogP contribution in [0.1, 0.15) is 4.88 Å². The molecule has 6 nitrogen and oxygen atoms in total. The van der Waals surface area contributed by atoms with Crippen LogP contribution < -0.4 is 5.32 Å². The van der Waals surface area contributed by atoms with Crippen molar-refractivity contribution >= 4 is 28.2 Å². The molecule has 0 saturated heterocycles. The number of nitrogens with zero attached hydrogens (tertiary/aromatic N) is 5. The van der Waals surface area contributed by atoms with E-state index in [9.17, 15) is 0 Å². The van der Waals surface area contributed by atoms with Gasteiger partial charge < -0.3 is 5.32 Å². The van der Waals surface area contributed by atoms with Crippen molar-refractivity contribution < 1.29 is 0 Å². The Morgan fingerprint density at radius 3 is 3.12 bits per heavy atom. The van der Waals surface area contributed by atoms with Crippen LogP contribution in [0.5, 0.6) is 0 Å². The summed E-state index contributed by atoms with van der Waals surface area (Å²) in [6, 6.07) is 0. The number of nitrogens with one attached hydrogen (secondary N) is 1. The maximum atomic E-state index is 4.23. The first-order chi connectivity index (χ1) is 8.34. The molecule has 0 spiro atoms. The summed E-state index contributed by atoms with van der Waals surface area (Å²) >= 11 is 1.61. The summed E-state index contributed by atoms with van der Waals surface area (Å²) in [6.45, 7) is 0.714. The first-order valence-electron chi connectivity index (χ1n) is 5.08. The number of thiazole rings is 1. The van der Waals surface area contributed by atoms with Gasteiger partial charge in [0.25, 0.3) is 0 Å². The van der Waals surface area contributed by atoms with Crippen molar-refractivity contribution in [2.24, 2.45) is 7.05 Å². The van der Waals surface area contributed by atoms with E-state index in [1.54, 1.807) is 28.5 Å². The zero-order valence-corrected chi connectivity index (χ0v) is 9.98. The van der Waals surface area contributed by atoms with E-state index < -0.39 is 0 Å². The normalized spacial score (nSPS) is 10.9. The third kappa shape index (κ3) is 1.84. The van der Waals surface area contributed by atoms with Gasteiger partial charge >= 0.3 is 0 Å². The van der Waals surface area contributed by atoms with Gasteiger partial charge in [0.2, 0.25) is 0 Å². The third-order valence-electron chi connectivity index (χ3n) is 2.44. The van der Waals surface area contributed by atoms with Crippen LogP contribution in [0.25, 0.3) is 11.0 Å². The molecular formula is C10H10N6S. The molecule has 1 N–H and O–H groups in total. The Kier molecular flexibility index (Phi) is 2.45. The molecule has 7 heteroatoms. The van der Waals surface area contributed by atoms with Gasteiger partial charge in [0.1, 0.15) is 12.1 Å². The van der Waals surface area contributed by atoms with E-state index in [0.717, 1.165) is 16.9 Å². The SMILES string of the molecule is Cn1ncc2c(NCc3cncs3)ncnc21. The first-order valence-corrected chi connectivity index (χ1v) is 5.96. The van der Waals surface area contributed by atoms with Crippen LogP contribution in [0.3, 0.4) is 0 Å². The van der Waals surface area contributed by atoms with Crippen LogP contribution in [0.2, 0.25) is 0 Å². The molecule has 0 aromatic carbocycles. The van der Waals surface area contributed by atoms with Gasteiger partial charge in [-0.3, -0.25) is 9.67 Å². The monoisotopic (exact) mass is 246 g/mol. The number of hydrogen-bond acceptors (Lipinski definition) is 6. The van der Waals surface area contributed by atoms with Gasteiger partial charge in [-0.1, -0.05) is 0 Å². The lowest BCUT2D eigenvalue weighted by atomic mass is 10.4. The summed E-state index contributed by atoms with van der Waals surface area (Å²) in [5.41, 5.74) is 2.64. The van der Waals surface area contributed by atoms with Crippen LogP contribution >= 0.6 is 11.3 Å². The molecule has 0 bridgehead atoms. The highest BCUT2D eigenvalue weighted by Crippen LogP contribution is 2.18. The predicted molar refractivity (Wildman–Crippen MR) is 65.7 cm³/mol. The highest BCUT2D eigenvalue weighted by atomic mass is 32.1. The van der Waals surface area contributed by atoms with E-state index in [4.69, 9.17) is 0 Å². The van der Waals surface area contributed by atoms with Crippen molar-refractivity contribution in [1.82, 2.24) is 24.7 Å². The number of anilines is 1. The summed E-state index contributed by atoms with van der Waals surface area (Å²) in [5.74, 6) is 0.802. The molecule has 17 heavy (non-hydrogen) atoms. The standard InChI is InChI=1S/C10H10N6S/c1-16-10-8(4-15-16)9(13-5-14-10)12-3-7-2-11-6-17-7/h2,4-6H,3H2,1H3,(H,12,13,14). The summed E-state index contributed by atoms with van der Waals surface area (Å²) in [4.78, 5) is 13.6. The minimum atomic E-state index is 0.714. The van der Waals surface area contributed by atoms with E-state index in [1.165, 1.54) is 4.88 Å². The fourth-order valence-corrected chi connectivity index (χ4v) is 2.14. The van der Waals surface area contributed by atoms with E-state index in [0.29, 0.717) is 6.54 Å². The summed E-state index contributed by atoms with van der Waals surface area (Å²) < 4.78 is 1.73. The van der Waals surface area contributed by atoms with Crippen molar-refractivity contribution in [3.8, 4) is 0 Å². The van der Waals surface area contributed by atoms with Crippen LogP contribution in [-0.2, 0) is 13.6 Å². The smallest absolute Gasteiger partial charge is 0.163 e. The summed E-state index contributed by atoms with van der Waals surface area (Å²) in [5, 5.41) is 8.37. The van der Waals surface area contributed by atoms with Gasteiger partial charge in [-0.25, -0.2) is 9.97 Å². The Morgan fingerprint density at radius 2 is 2.29 bits per heavy atom. The molecule has 0 radical (unpaired) electrons. The second kappa shape index (κ2) is 4.10. The average Bonchev–Trinajstić information content (AvgIpc) is 2.97. The average molecular weight is 246 g/mol. The second-order valence-corrected chi connectivity index (χ2v) is 4.52. The van der Waals surface area contributed by atoms with Crippen LogP contribution in [-0.4, -0.2) is 24.7 Å². The lowest BCUT2D eigenvalue weighted by Gasteiger charge is -2.03. The van der Waals surface area contributed by atoms with Gasteiger partial charge in [0.05, 0.1) is 23.6 Å². The van der Waals surface area contributed by atoms with Crippen LogP contribution in [0.4, 0.5) is 5.82 Å². The zero-order chi connectivity index (χ0) is 11.7. The first kappa shape index (κ1) is 10.2. The second-order valence-electron chi connectivity index (χ2n) is 3.55. The minimum Gasteiger partial charge on any atom is -0.364 e. The molecule has 3 aromatic heterocycles. The Bertz CT molecular complexity index is 629. The quantitative estimate of drug-likeness (QED) is 0.757. The molecule has 3 rings (SSSR count). The van der Waals surface area contributed by atoms with Gasteiger partial charge in [-0.05, 0) is 0 Å². The van der Waals surface area contributed by atoms with Crippen molar-refractivity contribution in [3.05, 3.63) is 29.1 Å². The molecule has 0 aliphatic rings. The third-order valence-corrected chi connectivity index (χ3v) is 3.22. The zero-order valence-electron chi connectivity index (χ0n) is 9.16. The molecule has 86 valence electrons. The van der Waals surface area contributed by atoms with E-state index in [1.807, 2.05) is 18.8 Å². The van der Waals surface area contributed by atoms with Crippen molar-refractivity contribution in [1.29, 1.82) is 0 Å². The number of aromatic nitrogens is 5. The van der Waals surface area contributed by atoms with Gasteiger partial charge in [0, 0.05) is 18.1 Å². The van der Waals surface area contributed by atoms with E-state index in [-0.39, 0.29) is 0 Å². The van der Waals surface area contributed by atoms with Crippen molar-refractivity contribution in [3.63, 3.8) is 0 Å². The number of rotatable bonds is 3. The van der Waals surface area contributed by atoms with E-state index >= 15 is 0 Å². The molecule has 0 saturated carbocycles. The van der Waals surface area contributed by atoms with E-state index in [2.05, 4.69) is 25.4 Å². The predicted octanol–water partition coefficient (Wildman–Crippen LogP) is 1.43. The molecule has 0 fully saturated rings. The van der Waals surface area contributed by atoms with Crippen molar-refractivity contribution in [2.45, 2.75) is 6.54 Å². The summed E-state index contributed by atoms with van der Waals surface area (Å²) in [6.07, 6.45) is 5.16. The molecule has 3 aromatic rings. The molecule has 0 atom stereocenters. The van der Waals surface area contributed by atoms with Crippen molar-refractivity contribution in [2.75, 3.05) is 5.32 Å². The molecule has 0 aliphatic carbocycles. The minimum absolute atomic E-state index is 0.714. The highest BCUT2D eigenvalue weighted by Gasteiger charge is 2.07. The fraction of sp³-hybridized carbons (Fsp3) is 0.200. The molecule has 0 amide bonds. The van der Waals surface area contributed by atoms with Gasteiger partial charge in [0.15, 0.2) is 5.65 Å². The van der Waals surface area contributed by atoms with Crippen LogP contribution in [0.15, 0.2) is 24.2 Å². The molecule has 0 unspecified atom stereocenters. The Morgan fingerprint density at radius 1 is 1.35 bits per heavy atom. The maximum absolute atomic E-state index is 4.23. The molecule has 0 aliphatic heterocycles.